The molecule has 2 nitrogen and oxygen atoms in total. The van der Waals surface area contributed by atoms with Crippen LogP contribution >= 0.6 is 14.5 Å². The average Bonchev–Trinajstić information content (AvgIpc) is 3.32. The second kappa shape index (κ2) is 21.8. The van der Waals surface area contributed by atoms with Crippen molar-refractivity contribution in [3.63, 3.8) is 0 Å². The molecule has 1 rings (SSSR count). The minimum atomic E-state index is -0.643. The molecule has 4 heteroatoms. The minimum Gasteiger partial charge on any atom is -0.237 e. The molecule has 0 bridgehead atoms. The monoisotopic (exact) mass is 555 g/mol. The molecule has 0 unspecified atom stereocenters. The Morgan fingerprint density at radius 1 is 0.486 bits per heavy atom. The lowest BCUT2D eigenvalue weighted by Gasteiger charge is -2.27. The Bertz CT molecular complexity index is 555. The Labute approximate surface area is 235 Å². The van der Waals surface area contributed by atoms with E-state index in [1.807, 2.05) is 0 Å². The first-order valence-corrected chi connectivity index (χ1v) is 21.8. The molecular formula is C33H69N2P2+3. The number of unbranched alkanes of at least 4 members (excludes halogenated alkanes) is 6. The summed E-state index contributed by atoms with van der Waals surface area (Å²) in [5.74, 6) is 0. The maximum Gasteiger partial charge on any atom is 0.243 e. The van der Waals surface area contributed by atoms with Crippen LogP contribution in [0.2, 0.25) is 0 Å². The molecule has 0 aromatic carbocycles. The summed E-state index contributed by atoms with van der Waals surface area (Å²) >= 11 is 0. The molecule has 0 spiro atoms. The molecule has 0 amide bonds. The second-order valence-electron chi connectivity index (χ2n) is 12.2. The van der Waals surface area contributed by atoms with Gasteiger partial charge in [0.2, 0.25) is 6.33 Å². The molecule has 0 fully saturated rings. The molecule has 218 valence electrons. The predicted molar refractivity (Wildman–Crippen MR) is 176 cm³/mol. The Morgan fingerprint density at radius 3 is 1.32 bits per heavy atom. The zero-order valence-electron chi connectivity index (χ0n) is 26.5. The van der Waals surface area contributed by atoms with Gasteiger partial charge in [0.05, 0.1) is 62.4 Å². The van der Waals surface area contributed by atoms with Crippen LogP contribution in [-0.4, -0.2) is 53.9 Å². The van der Waals surface area contributed by atoms with Gasteiger partial charge in [0.1, 0.15) is 12.4 Å². The summed E-state index contributed by atoms with van der Waals surface area (Å²) in [5.41, 5.74) is 0. The topological polar surface area (TPSA) is 8.81 Å². The van der Waals surface area contributed by atoms with Gasteiger partial charge < -0.3 is 0 Å². The maximum atomic E-state index is 2.43. The van der Waals surface area contributed by atoms with Crippen LogP contribution in [0.15, 0.2) is 18.7 Å². The van der Waals surface area contributed by atoms with E-state index in [1.54, 1.807) is 49.3 Å². The normalized spacial score (nSPS) is 12.5. The number of rotatable bonds is 26. The summed E-state index contributed by atoms with van der Waals surface area (Å²) in [6.45, 7) is 16.8. The fourth-order valence-corrected chi connectivity index (χ4v) is 17.2. The van der Waals surface area contributed by atoms with Gasteiger partial charge in [-0.1, -0.05) is 41.5 Å². The van der Waals surface area contributed by atoms with Crippen molar-refractivity contribution in [2.45, 2.75) is 145 Å². The molecule has 0 N–H and O–H groups in total. The number of imidazole rings is 1. The van der Waals surface area contributed by atoms with Crippen molar-refractivity contribution < 1.29 is 4.57 Å². The van der Waals surface area contributed by atoms with E-state index in [9.17, 15) is 0 Å². The third-order valence-electron chi connectivity index (χ3n) is 8.53. The van der Waals surface area contributed by atoms with E-state index in [-0.39, 0.29) is 0 Å². The van der Waals surface area contributed by atoms with E-state index in [2.05, 4.69) is 69.4 Å². The molecular weight excluding hydrogens is 486 g/mol. The second-order valence-corrected chi connectivity index (χ2v) is 21.1. The van der Waals surface area contributed by atoms with Crippen molar-refractivity contribution in [3.8, 4) is 0 Å². The van der Waals surface area contributed by atoms with Crippen molar-refractivity contribution in [1.29, 1.82) is 0 Å². The fourth-order valence-electron chi connectivity index (χ4n) is 7.08. The van der Waals surface area contributed by atoms with Gasteiger partial charge >= 0.3 is 0 Å². The van der Waals surface area contributed by atoms with E-state index in [1.165, 1.54) is 103 Å². The van der Waals surface area contributed by atoms with Crippen molar-refractivity contribution in [2.75, 3.05) is 49.3 Å². The van der Waals surface area contributed by atoms with E-state index in [0.29, 0.717) is 0 Å². The highest BCUT2D eigenvalue weighted by molar-refractivity contribution is 7.76. The summed E-state index contributed by atoms with van der Waals surface area (Å²) in [4.78, 5) is 0. The fraction of sp³-hybridized carbons (Fsp3) is 0.909. The largest absolute Gasteiger partial charge is 0.243 e. The van der Waals surface area contributed by atoms with E-state index < -0.39 is 14.5 Å². The summed E-state index contributed by atoms with van der Waals surface area (Å²) in [5, 5.41) is 0. The van der Waals surface area contributed by atoms with Crippen LogP contribution in [0.5, 0.6) is 0 Å². The zero-order chi connectivity index (χ0) is 27.2. The van der Waals surface area contributed by atoms with Crippen LogP contribution in [0.25, 0.3) is 0 Å². The molecule has 0 saturated carbocycles. The first-order chi connectivity index (χ1) is 18.0. The maximum absolute atomic E-state index is 2.43. The number of aromatic nitrogens is 2. The van der Waals surface area contributed by atoms with Gasteiger partial charge in [0.25, 0.3) is 0 Å². The van der Waals surface area contributed by atoms with Crippen molar-refractivity contribution >= 4 is 14.5 Å². The highest BCUT2D eigenvalue weighted by Crippen LogP contribution is 2.61. The Hall–Kier alpha value is 0.0700. The lowest BCUT2D eigenvalue weighted by molar-refractivity contribution is -0.696. The molecule has 0 radical (unpaired) electrons. The van der Waals surface area contributed by atoms with Gasteiger partial charge in [0.15, 0.2) is 0 Å². The molecule has 1 aromatic heterocycles. The third kappa shape index (κ3) is 14.9. The van der Waals surface area contributed by atoms with Crippen LogP contribution in [0.1, 0.15) is 131 Å². The number of hydrogen-bond donors (Lipinski definition) is 0. The first kappa shape index (κ1) is 35.1. The van der Waals surface area contributed by atoms with Gasteiger partial charge in [-0.25, -0.2) is 9.13 Å². The predicted octanol–water partition coefficient (Wildman–Crippen LogP) is 10.4. The van der Waals surface area contributed by atoms with Crippen LogP contribution < -0.4 is 4.57 Å². The number of nitrogens with zero attached hydrogens (tertiary/aromatic N) is 2. The molecule has 0 saturated heterocycles. The molecule has 37 heavy (non-hydrogen) atoms. The van der Waals surface area contributed by atoms with Crippen molar-refractivity contribution in [3.05, 3.63) is 18.7 Å². The Morgan fingerprint density at radius 2 is 0.892 bits per heavy atom. The molecule has 1 aromatic rings. The van der Waals surface area contributed by atoms with Gasteiger partial charge in [0, 0.05) is 14.5 Å². The summed E-state index contributed by atoms with van der Waals surface area (Å²) in [6, 6.07) is 0. The molecule has 0 aliphatic rings. The molecule has 1 heterocycles. The number of hydrogen-bond acceptors (Lipinski definition) is 0. The third-order valence-corrected chi connectivity index (χ3v) is 19.4. The Kier molecular flexibility index (Phi) is 20.7. The first-order valence-electron chi connectivity index (χ1n) is 16.8. The van der Waals surface area contributed by atoms with E-state index >= 15 is 0 Å². The summed E-state index contributed by atoms with van der Waals surface area (Å²) < 4.78 is 4.86. The summed E-state index contributed by atoms with van der Waals surface area (Å²) in [6.07, 6.45) is 39.2. The highest BCUT2D eigenvalue weighted by Gasteiger charge is 2.34. The van der Waals surface area contributed by atoms with Gasteiger partial charge in [-0.2, -0.15) is 0 Å². The molecule has 0 aliphatic heterocycles. The Balaban J connectivity index is 2.24. The highest BCUT2D eigenvalue weighted by atomic mass is 31.2. The van der Waals surface area contributed by atoms with Crippen LogP contribution in [0, 0.1) is 0 Å². The minimum absolute atomic E-state index is 0.643. The summed E-state index contributed by atoms with van der Waals surface area (Å²) in [7, 11) is -1.29. The lowest BCUT2D eigenvalue weighted by Crippen LogP contribution is -2.30. The van der Waals surface area contributed by atoms with Crippen molar-refractivity contribution in [2.24, 2.45) is 0 Å². The van der Waals surface area contributed by atoms with Crippen LogP contribution in [-0.2, 0) is 13.1 Å². The number of aryl methyl sites for hydroxylation is 2. The van der Waals surface area contributed by atoms with Gasteiger partial charge in [-0.05, 0) is 89.9 Å². The standard InChI is InChI=1S/C33H69N2P2/c1-7-25-36(26-8-2,27-9-3)31-19-15-13-17-21-34-23-24-35(33-34)22-18-14-16-20-32-37(28-10-4,29-11-5)30-12-6/h23-24,33H,7-22,25-32H2,1-6H3/q+3. The lowest BCUT2D eigenvalue weighted by atomic mass is 10.2. The smallest absolute Gasteiger partial charge is 0.237 e. The SMILES string of the molecule is CCC[P+](CCC)(CCC)CCCCCCn1cc[n+](CCCCCC[P+](CCC)(CCC)CCC)c1. The van der Waals surface area contributed by atoms with E-state index in [0.717, 1.165) is 0 Å². The average molecular weight is 556 g/mol. The van der Waals surface area contributed by atoms with Crippen molar-refractivity contribution in [1.82, 2.24) is 4.57 Å². The van der Waals surface area contributed by atoms with E-state index in [4.69, 9.17) is 0 Å². The van der Waals surface area contributed by atoms with Gasteiger partial charge in [-0.15, -0.1) is 0 Å². The zero-order valence-corrected chi connectivity index (χ0v) is 28.3. The van der Waals surface area contributed by atoms with Crippen LogP contribution in [0.3, 0.4) is 0 Å². The van der Waals surface area contributed by atoms with Gasteiger partial charge in [-0.3, -0.25) is 0 Å². The van der Waals surface area contributed by atoms with Crippen LogP contribution in [0.4, 0.5) is 0 Å². The quantitative estimate of drug-likeness (QED) is 0.0611. The molecule has 0 atom stereocenters. The molecule has 0 aliphatic carbocycles.